The van der Waals surface area contributed by atoms with Gasteiger partial charge in [-0.25, -0.2) is 4.99 Å². The van der Waals surface area contributed by atoms with E-state index in [9.17, 15) is 0 Å². The maximum atomic E-state index is 5.48. The minimum Gasteiger partial charge on any atom is -0.378 e. The van der Waals surface area contributed by atoms with Crippen molar-refractivity contribution in [2.45, 2.75) is 26.3 Å². The van der Waals surface area contributed by atoms with Crippen molar-refractivity contribution in [3.8, 4) is 0 Å². The maximum Gasteiger partial charge on any atom is 0.193 e. The van der Waals surface area contributed by atoms with Crippen molar-refractivity contribution in [2.24, 2.45) is 4.99 Å². The molecule has 5 nitrogen and oxygen atoms in total. The highest BCUT2D eigenvalue weighted by atomic mass is 16.5. The molecule has 1 fully saturated rings. The van der Waals surface area contributed by atoms with E-state index in [0.29, 0.717) is 6.54 Å². The van der Waals surface area contributed by atoms with E-state index in [0.717, 1.165) is 58.2 Å². The summed E-state index contributed by atoms with van der Waals surface area (Å²) in [5.74, 6) is 0.961. The van der Waals surface area contributed by atoms with Gasteiger partial charge in [-0.05, 0) is 31.4 Å². The molecule has 0 spiro atoms. The summed E-state index contributed by atoms with van der Waals surface area (Å²) in [6, 6.07) is 8.56. The van der Waals surface area contributed by atoms with E-state index in [-0.39, 0.29) is 0 Å². The van der Waals surface area contributed by atoms with Crippen LogP contribution in [0.3, 0.4) is 0 Å². The molecule has 0 radical (unpaired) electrons. The third kappa shape index (κ3) is 6.09. The Bertz CT molecular complexity index is 552. The second kappa shape index (κ2) is 10.8. The number of nitrogens with zero attached hydrogens (tertiary/aromatic N) is 3. The number of allylic oxidation sites excluding steroid dienone is 1. The first kappa shape index (κ1) is 19.3. The monoisotopic (exact) mass is 344 g/mol. The molecule has 0 unspecified atom stereocenters. The predicted octanol–water partition coefficient (Wildman–Crippen LogP) is 2.89. The molecule has 1 N–H and O–H groups in total. The Morgan fingerprint density at radius 2 is 2.12 bits per heavy atom. The Balaban J connectivity index is 2.07. The molecule has 1 aliphatic heterocycles. The largest absolute Gasteiger partial charge is 0.378 e. The Hall–Kier alpha value is -2.01. The van der Waals surface area contributed by atoms with Crippen molar-refractivity contribution in [2.75, 3.05) is 51.3 Å². The van der Waals surface area contributed by atoms with Crippen LogP contribution in [0, 0.1) is 0 Å². The van der Waals surface area contributed by atoms with E-state index < -0.39 is 0 Å². The maximum absolute atomic E-state index is 5.48. The number of ether oxygens (including phenoxy) is 1. The molecule has 0 atom stereocenters. The van der Waals surface area contributed by atoms with Crippen LogP contribution >= 0.6 is 0 Å². The average molecular weight is 345 g/mol. The molecule has 0 bridgehead atoms. The standard InChI is InChI=1S/C20H32N4O/c1-4-6-9-12-23(3)20(21-5-2)22-17-18-10-7-8-11-19(18)24-13-15-25-16-14-24/h4,7-8,10-11H,1,5-6,9,12-17H2,2-3H3,(H,21,22). The first-order valence-corrected chi connectivity index (χ1v) is 9.27. The summed E-state index contributed by atoms with van der Waals surface area (Å²) in [4.78, 5) is 9.46. The van der Waals surface area contributed by atoms with Crippen molar-refractivity contribution >= 4 is 11.6 Å². The van der Waals surface area contributed by atoms with Gasteiger partial charge in [0.05, 0.1) is 19.8 Å². The smallest absolute Gasteiger partial charge is 0.193 e. The summed E-state index contributed by atoms with van der Waals surface area (Å²) < 4.78 is 5.48. The van der Waals surface area contributed by atoms with Crippen LogP contribution in [0.25, 0.3) is 0 Å². The van der Waals surface area contributed by atoms with Crippen LogP contribution in [0.5, 0.6) is 0 Å². The van der Waals surface area contributed by atoms with Crippen LogP contribution in [0.4, 0.5) is 5.69 Å². The molecule has 0 saturated carbocycles. The molecule has 2 rings (SSSR count). The van der Waals surface area contributed by atoms with Crippen LogP contribution in [0.2, 0.25) is 0 Å². The molecule has 138 valence electrons. The number of morpholine rings is 1. The number of guanidine groups is 1. The highest BCUT2D eigenvalue weighted by Gasteiger charge is 2.14. The van der Waals surface area contributed by atoms with Gasteiger partial charge in [-0.15, -0.1) is 6.58 Å². The van der Waals surface area contributed by atoms with E-state index in [1.807, 2.05) is 6.08 Å². The molecule has 25 heavy (non-hydrogen) atoms. The number of hydrogen-bond acceptors (Lipinski definition) is 3. The van der Waals surface area contributed by atoms with Crippen molar-refractivity contribution in [3.05, 3.63) is 42.5 Å². The van der Waals surface area contributed by atoms with E-state index in [2.05, 4.69) is 59.9 Å². The van der Waals surface area contributed by atoms with Crippen molar-refractivity contribution < 1.29 is 4.74 Å². The van der Waals surface area contributed by atoms with Crippen LogP contribution in [-0.2, 0) is 11.3 Å². The number of para-hydroxylation sites is 1. The fraction of sp³-hybridized carbons (Fsp3) is 0.550. The summed E-state index contributed by atoms with van der Waals surface area (Å²) in [6.45, 7) is 11.9. The number of aliphatic imine (C=N–C) groups is 1. The molecular weight excluding hydrogens is 312 g/mol. The second-order valence-corrected chi connectivity index (χ2v) is 6.25. The molecule has 1 aliphatic rings. The first-order chi connectivity index (χ1) is 12.3. The molecule has 1 heterocycles. The quantitative estimate of drug-likeness (QED) is 0.341. The minimum absolute atomic E-state index is 0.682. The van der Waals surface area contributed by atoms with Gasteiger partial charge in [0, 0.05) is 38.9 Å². The van der Waals surface area contributed by atoms with Crippen LogP contribution in [-0.4, -0.2) is 57.3 Å². The van der Waals surface area contributed by atoms with Crippen LogP contribution in [0.15, 0.2) is 41.9 Å². The van der Waals surface area contributed by atoms with E-state index >= 15 is 0 Å². The van der Waals surface area contributed by atoms with Gasteiger partial charge in [-0.2, -0.15) is 0 Å². The molecule has 0 aliphatic carbocycles. The zero-order valence-corrected chi connectivity index (χ0v) is 15.7. The number of hydrogen-bond donors (Lipinski definition) is 1. The number of nitrogens with one attached hydrogen (secondary N) is 1. The zero-order valence-electron chi connectivity index (χ0n) is 15.7. The summed E-state index contributed by atoms with van der Waals surface area (Å²) >= 11 is 0. The minimum atomic E-state index is 0.682. The van der Waals surface area contributed by atoms with Gasteiger partial charge in [0.25, 0.3) is 0 Å². The van der Waals surface area contributed by atoms with Gasteiger partial charge in [0.15, 0.2) is 5.96 Å². The van der Waals surface area contributed by atoms with Crippen molar-refractivity contribution in [1.29, 1.82) is 0 Å². The lowest BCUT2D eigenvalue weighted by Crippen LogP contribution is -2.39. The average Bonchev–Trinajstić information content (AvgIpc) is 2.66. The fourth-order valence-corrected chi connectivity index (χ4v) is 2.97. The summed E-state index contributed by atoms with van der Waals surface area (Å²) in [5.41, 5.74) is 2.54. The number of benzene rings is 1. The molecule has 5 heteroatoms. The SMILES string of the molecule is C=CCCCN(C)C(=NCc1ccccc1N1CCOCC1)NCC. The molecule has 0 aromatic heterocycles. The highest BCUT2D eigenvalue weighted by Crippen LogP contribution is 2.22. The third-order valence-corrected chi connectivity index (χ3v) is 4.34. The third-order valence-electron chi connectivity index (χ3n) is 4.34. The van der Waals surface area contributed by atoms with Gasteiger partial charge in [0.2, 0.25) is 0 Å². The van der Waals surface area contributed by atoms with Gasteiger partial charge in [-0.1, -0.05) is 24.3 Å². The predicted molar refractivity (Wildman–Crippen MR) is 106 cm³/mol. The first-order valence-electron chi connectivity index (χ1n) is 9.27. The number of rotatable bonds is 8. The lowest BCUT2D eigenvalue weighted by atomic mass is 10.1. The second-order valence-electron chi connectivity index (χ2n) is 6.25. The Morgan fingerprint density at radius 3 is 2.84 bits per heavy atom. The van der Waals surface area contributed by atoms with Gasteiger partial charge < -0.3 is 19.9 Å². The summed E-state index contributed by atoms with van der Waals surface area (Å²) in [7, 11) is 2.10. The molecule has 0 amide bonds. The number of unbranched alkanes of at least 4 members (excludes halogenated alkanes) is 1. The molecule has 1 aromatic rings. The lowest BCUT2D eigenvalue weighted by molar-refractivity contribution is 0.122. The van der Waals surface area contributed by atoms with E-state index in [1.165, 1.54) is 11.3 Å². The Kier molecular flexibility index (Phi) is 8.32. The van der Waals surface area contributed by atoms with Crippen molar-refractivity contribution in [1.82, 2.24) is 10.2 Å². The van der Waals surface area contributed by atoms with Crippen LogP contribution in [0.1, 0.15) is 25.3 Å². The Morgan fingerprint density at radius 1 is 1.36 bits per heavy atom. The van der Waals surface area contributed by atoms with Gasteiger partial charge in [-0.3, -0.25) is 0 Å². The van der Waals surface area contributed by atoms with Gasteiger partial charge in [0.1, 0.15) is 0 Å². The van der Waals surface area contributed by atoms with E-state index in [1.54, 1.807) is 0 Å². The molecule has 1 aromatic carbocycles. The topological polar surface area (TPSA) is 40.1 Å². The van der Waals surface area contributed by atoms with Gasteiger partial charge >= 0.3 is 0 Å². The molecular formula is C20H32N4O. The lowest BCUT2D eigenvalue weighted by Gasteiger charge is -2.30. The molecule has 1 saturated heterocycles. The highest BCUT2D eigenvalue weighted by molar-refractivity contribution is 5.79. The zero-order chi connectivity index (χ0) is 17.9. The fourth-order valence-electron chi connectivity index (χ4n) is 2.97. The Labute approximate surface area is 152 Å². The normalized spacial score (nSPS) is 15.1. The number of anilines is 1. The summed E-state index contributed by atoms with van der Waals surface area (Å²) in [5, 5.41) is 3.40. The van der Waals surface area contributed by atoms with Crippen molar-refractivity contribution in [3.63, 3.8) is 0 Å². The summed E-state index contributed by atoms with van der Waals surface area (Å²) in [6.07, 6.45) is 4.09. The van der Waals surface area contributed by atoms with E-state index in [4.69, 9.17) is 9.73 Å². The van der Waals surface area contributed by atoms with Crippen LogP contribution < -0.4 is 10.2 Å².